The van der Waals surface area contributed by atoms with Crippen LogP contribution in [0.25, 0.3) is 16.4 Å². The average Bonchev–Trinajstić information content (AvgIpc) is 2.71. The molecule has 0 N–H and O–H groups in total. The van der Waals surface area contributed by atoms with Gasteiger partial charge in [-0.1, -0.05) is 6.07 Å². The molecule has 98 valence electrons. The molecule has 0 aliphatic rings. The van der Waals surface area contributed by atoms with Crippen LogP contribution >= 0.6 is 0 Å². The normalized spacial score (nSPS) is 12.1. The predicted octanol–water partition coefficient (Wildman–Crippen LogP) is 1.53. The van der Waals surface area contributed by atoms with Crippen molar-refractivity contribution < 1.29 is 12.6 Å². The minimum Gasteiger partial charge on any atom is -0.359 e. The number of rotatable bonds is 2. The fraction of sp³-hybridized carbons (Fsp3) is 0.167. The van der Waals surface area contributed by atoms with Gasteiger partial charge in [0.2, 0.25) is 0 Å². The maximum Gasteiger partial charge on any atom is 0.307 e. The molecule has 3 aromatic rings. The number of nitrogens with zero attached hydrogens (tertiary/aromatic N) is 3. The Morgan fingerprint density at radius 1 is 1.26 bits per heavy atom. The highest BCUT2D eigenvalue weighted by molar-refractivity contribution is 7.86. The van der Waals surface area contributed by atoms with Gasteiger partial charge in [-0.25, -0.2) is 0 Å². The molecule has 0 saturated carbocycles. The zero-order chi connectivity index (χ0) is 13.6. The van der Waals surface area contributed by atoms with E-state index in [1.165, 1.54) is 0 Å². The number of hydrogen-bond acceptors (Lipinski definition) is 5. The van der Waals surface area contributed by atoms with Crippen LogP contribution in [0.1, 0.15) is 5.69 Å². The summed E-state index contributed by atoms with van der Waals surface area (Å²) in [6.45, 7) is 1.82. The van der Waals surface area contributed by atoms with E-state index in [4.69, 9.17) is 4.18 Å². The van der Waals surface area contributed by atoms with Gasteiger partial charge in [-0.3, -0.25) is 0 Å². The van der Waals surface area contributed by atoms with Crippen LogP contribution in [0.3, 0.4) is 0 Å². The lowest BCUT2D eigenvalue weighted by Crippen LogP contribution is -2.08. The molecular formula is C12H11N3O3S. The summed E-state index contributed by atoms with van der Waals surface area (Å²) in [7, 11) is -3.63. The van der Waals surface area contributed by atoms with Crippen LogP contribution in [0.2, 0.25) is 0 Å². The second-order valence-corrected chi connectivity index (χ2v) is 5.86. The van der Waals surface area contributed by atoms with Crippen molar-refractivity contribution in [2.24, 2.45) is 0 Å². The molecule has 0 fully saturated rings. The third kappa shape index (κ3) is 2.01. The summed E-state index contributed by atoms with van der Waals surface area (Å²) in [5.74, 6) is 0.00630. The number of aryl methyl sites for hydroxylation is 1. The lowest BCUT2D eigenvalue weighted by atomic mass is 10.3. The van der Waals surface area contributed by atoms with Gasteiger partial charge in [-0.15, -0.1) is 10.2 Å². The van der Waals surface area contributed by atoms with Gasteiger partial charge >= 0.3 is 10.1 Å². The number of hydrogen-bond donors (Lipinski definition) is 0. The molecule has 6 nitrogen and oxygen atoms in total. The van der Waals surface area contributed by atoms with Gasteiger partial charge in [0.1, 0.15) is 0 Å². The lowest BCUT2D eigenvalue weighted by Gasteiger charge is -2.04. The van der Waals surface area contributed by atoms with E-state index in [0.717, 1.165) is 17.3 Å². The minimum atomic E-state index is -3.63. The molecule has 0 spiro atoms. The molecule has 3 heterocycles. The van der Waals surface area contributed by atoms with E-state index < -0.39 is 10.1 Å². The van der Waals surface area contributed by atoms with Crippen molar-refractivity contribution >= 4 is 26.5 Å². The van der Waals surface area contributed by atoms with E-state index in [9.17, 15) is 8.42 Å². The van der Waals surface area contributed by atoms with Crippen molar-refractivity contribution in [1.82, 2.24) is 14.6 Å². The Morgan fingerprint density at radius 3 is 2.79 bits per heavy atom. The van der Waals surface area contributed by atoms with Gasteiger partial charge in [0, 0.05) is 11.7 Å². The average molecular weight is 277 g/mol. The first-order valence-corrected chi connectivity index (χ1v) is 7.40. The molecule has 0 saturated heterocycles. The van der Waals surface area contributed by atoms with Crippen LogP contribution in [0.15, 0.2) is 30.5 Å². The van der Waals surface area contributed by atoms with Crippen LogP contribution in [0.4, 0.5) is 0 Å². The Bertz CT molecular complexity index is 884. The van der Waals surface area contributed by atoms with Gasteiger partial charge in [0.25, 0.3) is 5.88 Å². The fourth-order valence-electron chi connectivity index (χ4n) is 2.08. The van der Waals surface area contributed by atoms with E-state index in [0.29, 0.717) is 11.1 Å². The second-order valence-electron chi connectivity index (χ2n) is 4.28. The molecule has 0 aliphatic carbocycles. The van der Waals surface area contributed by atoms with Gasteiger partial charge in [-0.2, -0.15) is 8.42 Å². The molecule has 0 aliphatic heterocycles. The zero-order valence-corrected chi connectivity index (χ0v) is 11.2. The van der Waals surface area contributed by atoms with Gasteiger partial charge in [0.15, 0.2) is 0 Å². The molecular weight excluding hydrogens is 266 g/mol. The fourth-order valence-corrected chi connectivity index (χ4v) is 2.49. The molecule has 0 atom stereocenters. The maximum atomic E-state index is 11.2. The predicted molar refractivity (Wildman–Crippen MR) is 70.7 cm³/mol. The van der Waals surface area contributed by atoms with Crippen molar-refractivity contribution in [3.8, 4) is 5.88 Å². The van der Waals surface area contributed by atoms with Crippen LogP contribution in [0, 0.1) is 6.92 Å². The molecule has 0 aromatic carbocycles. The summed E-state index contributed by atoms with van der Waals surface area (Å²) in [5, 5.41) is 8.40. The summed E-state index contributed by atoms with van der Waals surface area (Å²) in [4.78, 5) is 0. The van der Waals surface area contributed by atoms with Crippen molar-refractivity contribution in [3.05, 3.63) is 36.2 Å². The molecule has 3 aromatic heterocycles. The summed E-state index contributed by atoms with van der Waals surface area (Å²) in [5.41, 5.74) is 2.43. The van der Waals surface area contributed by atoms with Crippen molar-refractivity contribution in [2.75, 3.05) is 6.26 Å². The van der Waals surface area contributed by atoms with Crippen molar-refractivity contribution in [3.63, 3.8) is 0 Å². The molecule has 0 amide bonds. The van der Waals surface area contributed by atoms with Crippen molar-refractivity contribution in [1.29, 1.82) is 0 Å². The van der Waals surface area contributed by atoms with Crippen LogP contribution in [-0.4, -0.2) is 29.3 Å². The first-order chi connectivity index (χ1) is 8.96. The second kappa shape index (κ2) is 3.92. The first kappa shape index (κ1) is 11.9. The number of aromatic nitrogens is 3. The van der Waals surface area contributed by atoms with Crippen LogP contribution in [-0.2, 0) is 10.1 Å². The largest absolute Gasteiger partial charge is 0.359 e. The summed E-state index contributed by atoms with van der Waals surface area (Å²) >= 11 is 0. The number of pyridine rings is 1. The maximum absolute atomic E-state index is 11.2. The van der Waals surface area contributed by atoms with E-state index >= 15 is 0 Å². The highest BCUT2D eigenvalue weighted by atomic mass is 32.2. The summed E-state index contributed by atoms with van der Waals surface area (Å²) in [6.07, 6.45) is 2.87. The Hall–Kier alpha value is -2.15. The monoisotopic (exact) mass is 277 g/mol. The topological polar surface area (TPSA) is 73.6 Å². The van der Waals surface area contributed by atoms with Gasteiger partial charge < -0.3 is 8.58 Å². The third-order valence-corrected chi connectivity index (χ3v) is 3.23. The highest BCUT2D eigenvalue weighted by Crippen LogP contribution is 2.28. The van der Waals surface area contributed by atoms with E-state index in [1.807, 2.05) is 41.8 Å². The SMILES string of the molecule is Cc1nnc(OS(C)(=O)=O)c2cc3ccccn3c12. The Kier molecular flexibility index (Phi) is 2.46. The highest BCUT2D eigenvalue weighted by Gasteiger charge is 2.16. The summed E-state index contributed by atoms with van der Waals surface area (Å²) in [6, 6.07) is 7.55. The van der Waals surface area contributed by atoms with Crippen molar-refractivity contribution in [2.45, 2.75) is 6.92 Å². The van der Waals surface area contributed by atoms with E-state index in [2.05, 4.69) is 10.2 Å². The summed E-state index contributed by atoms with van der Waals surface area (Å²) < 4.78 is 29.3. The molecule has 19 heavy (non-hydrogen) atoms. The van der Waals surface area contributed by atoms with Gasteiger partial charge in [-0.05, 0) is 25.1 Å². The zero-order valence-electron chi connectivity index (χ0n) is 10.4. The minimum absolute atomic E-state index is 0.00630. The standard InChI is InChI=1S/C12H11N3O3S/c1-8-11-10(7-9-5-3-4-6-15(9)11)12(14-13-8)18-19(2,16)17/h3-7H,1-2H3. The van der Waals surface area contributed by atoms with Crippen LogP contribution in [0.5, 0.6) is 5.88 Å². The third-order valence-electron chi connectivity index (χ3n) is 2.77. The Labute approximate surface area is 109 Å². The molecule has 0 radical (unpaired) electrons. The number of fused-ring (bicyclic) bond motifs is 3. The lowest BCUT2D eigenvalue weighted by molar-refractivity contribution is 0.481. The van der Waals surface area contributed by atoms with E-state index in [-0.39, 0.29) is 5.88 Å². The quantitative estimate of drug-likeness (QED) is 0.664. The molecule has 0 bridgehead atoms. The Balaban J connectivity index is 2.40. The Morgan fingerprint density at radius 2 is 2.05 bits per heavy atom. The molecule has 0 unspecified atom stereocenters. The molecule has 3 rings (SSSR count). The van der Waals surface area contributed by atoms with Gasteiger partial charge in [0.05, 0.1) is 22.9 Å². The molecule has 7 heteroatoms. The van der Waals surface area contributed by atoms with E-state index in [1.54, 1.807) is 0 Å². The van der Waals surface area contributed by atoms with Crippen LogP contribution < -0.4 is 4.18 Å². The first-order valence-electron chi connectivity index (χ1n) is 5.58. The smallest absolute Gasteiger partial charge is 0.307 e.